The second-order valence-electron chi connectivity index (χ2n) is 5.51. The Morgan fingerprint density at radius 2 is 2.13 bits per heavy atom. The van der Waals surface area contributed by atoms with Crippen molar-refractivity contribution in [1.29, 1.82) is 0 Å². The van der Waals surface area contributed by atoms with E-state index in [9.17, 15) is 9.59 Å². The Kier molecular flexibility index (Phi) is 5.98. The van der Waals surface area contributed by atoms with Crippen molar-refractivity contribution >= 4 is 17.3 Å². The summed E-state index contributed by atoms with van der Waals surface area (Å²) in [5.41, 5.74) is 1.73. The number of carbonyl (C=O) groups is 1. The average molecular weight is 335 g/mol. The van der Waals surface area contributed by atoms with Gasteiger partial charge in [-0.2, -0.15) is 0 Å². The maximum atomic E-state index is 11.9. The summed E-state index contributed by atoms with van der Waals surface area (Å²) in [6.45, 7) is 6.35. The Labute approximate surface area is 139 Å². The fourth-order valence-electron chi connectivity index (χ4n) is 2.14. The molecule has 0 aliphatic heterocycles. The number of aryl methyl sites for hydroxylation is 1. The first-order valence-electron chi connectivity index (χ1n) is 7.52. The molecule has 0 amide bonds. The van der Waals surface area contributed by atoms with Gasteiger partial charge in [-0.1, -0.05) is 23.5 Å². The molecule has 1 heterocycles. The molecule has 5 nitrogen and oxygen atoms in total. The summed E-state index contributed by atoms with van der Waals surface area (Å²) >= 11 is 1.15. The molecule has 1 aromatic carbocycles. The van der Waals surface area contributed by atoms with Crippen molar-refractivity contribution in [2.45, 2.75) is 39.8 Å². The van der Waals surface area contributed by atoms with E-state index < -0.39 is 0 Å². The van der Waals surface area contributed by atoms with Gasteiger partial charge in [0.15, 0.2) is 0 Å². The summed E-state index contributed by atoms with van der Waals surface area (Å²) < 4.78 is 12.4. The molecule has 0 bridgehead atoms. The first-order chi connectivity index (χ1) is 11.0. The van der Waals surface area contributed by atoms with Crippen LogP contribution < -0.4 is 9.61 Å². The van der Waals surface area contributed by atoms with Crippen molar-refractivity contribution in [2.24, 2.45) is 0 Å². The Morgan fingerprint density at radius 1 is 1.35 bits per heavy atom. The number of hydrogen-bond donors (Lipinski definition) is 0. The Bertz CT molecular complexity index is 717. The zero-order valence-electron chi connectivity index (χ0n) is 13.6. The lowest BCUT2D eigenvalue weighted by molar-refractivity contribution is -0.143. The van der Waals surface area contributed by atoms with Gasteiger partial charge in [0.05, 0.1) is 19.1 Å². The molecular formula is C17H21NO4S. The summed E-state index contributed by atoms with van der Waals surface area (Å²) in [6, 6.07) is 7.42. The molecule has 0 atom stereocenters. The van der Waals surface area contributed by atoms with Crippen LogP contribution in [0.15, 0.2) is 34.4 Å². The predicted molar refractivity (Wildman–Crippen MR) is 90.2 cm³/mol. The number of ether oxygens (including phenoxy) is 2. The maximum Gasteiger partial charge on any atom is 0.310 e. The summed E-state index contributed by atoms with van der Waals surface area (Å²) in [4.78, 5) is 23.4. The normalized spacial score (nSPS) is 10.8. The SMILES string of the molecule is Cc1csc(=O)n1CCOC(=O)Cc1cccc(OC(C)C)c1. The molecule has 124 valence electrons. The van der Waals surface area contributed by atoms with Gasteiger partial charge in [-0.25, -0.2) is 0 Å². The molecule has 6 heteroatoms. The lowest BCUT2D eigenvalue weighted by Gasteiger charge is -2.11. The van der Waals surface area contributed by atoms with Crippen LogP contribution in [0.5, 0.6) is 5.75 Å². The summed E-state index contributed by atoms with van der Waals surface area (Å²) in [6.07, 6.45) is 0.275. The minimum atomic E-state index is -0.312. The molecule has 0 spiro atoms. The Hall–Kier alpha value is -2.08. The molecule has 0 N–H and O–H groups in total. The molecule has 23 heavy (non-hydrogen) atoms. The van der Waals surface area contributed by atoms with Gasteiger partial charge in [-0.3, -0.25) is 14.2 Å². The molecule has 0 saturated heterocycles. The molecular weight excluding hydrogens is 314 g/mol. The van der Waals surface area contributed by atoms with Crippen molar-refractivity contribution in [3.8, 4) is 5.75 Å². The van der Waals surface area contributed by atoms with Gasteiger partial charge in [0, 0.05) is 11.1 Å². The van der Waals surface area contributed by atoms with Gasteiger partial charge >= 0.3 is 10.8 Å². The van der Waals surface area contributed by atoms with E-state index in [2.05, 4.69) is 0 Å². The fraction of sp³-hybridized carbons (Fsp3) is 0.412. The average Bonchev–Trinajstić information content (AvgIpc) is 2.78. The lowest BCUT2D eigenvalue weighted by atomic mass is 10.1. The number of esters is 1. The highest BCUT2D eigenvalue weighted by atomic mass is 32.1. The summed E-state index contributed by atoms with van der Waals surface area (Å²) in [5, 5.41) is 1.80. The molecule has 0 radical (unpaired) electrons. The number of aromatic nitrogens is 1. The van der Waals surface area contributed by atoms with Crippen LogP contribution in [-0.4, -0.2) is 23.2 Å². The topological polar surface area (TPSA) is 57.5 Å². The molecule has 1 aromatic heterocycles. The quantitative estimate of drug-likeness (QED) is 0.730. The zero-order chi connectivity index (χ0) is 16.8. The van der Waals surface area contributed by atoms with Crippen LogP contribution in [0.2, 0.25) is 0 Å². The summed E-state index contributed by atoms with van der Waals surface area (Å²) in [5.74, 6) is 0.429. The molecule has 0 unspecified atom stereocenters. The Morgan fingerprint density at radius 3 is 2.78 bits per heavy atom. The smallest absolute Gasteiger partial charge is 0.310 e. The number of carbonyl (C=O) groups excluding carboxylic acids is 1. The van der Waals surface area contributed by atoms with Gasteiger partial charge in [0.2, 0.25) is 0 Å². The van der Waals surface area contributed by atoms with E-state index in [4.69, 9.17) is 9.47 Å². The third-order valence-electron chi connectivity index (χ3n) is 3.17. The number of rotatable bonds is 7. The van der Waals surface area contributed by atoms with Crippen LogP contribution in [0.4, 0.5) is 0 Å². The van der Waals surface area contributed by atoms with Crippen LogP contribution in [0, 0.1) is 6.92 Å². The molecule has 0 saturated carbocycles. The lowest BCUT2D eigenvalue weighted by Crippen LogP contribution is -2.20. The van der Waals surface area contributed by atoms with Gasteiger partial charge in [0.25, 0.3) is 0 Å². The molecule has 2 aromatic rings. The van der Waals surface area contributed by atoms with Gasteiger partial charge in [-0.15, -0.1) is 0 Å². The standard InChI is InChI=1S/C17H21NO4S/c1-12(2)22-15-6-4-5-14(9-15)10-16(19)21-8-7-18-13(3)11-23-17(18)20/h4-6,9,11-12H,7-8,10H2,1-3H3. The van der Waals surface area contributed by atoms with Crippen LogP contribution in [0.1, 0.15) is 25.1 Å². The zero-order valence-corrected chi connectivity index (χ0v) is 14.4. The second-order valence-corrected chi connectivity index (χ2v) is 6.33. The van der Waals surface area contributed by atoms with E-state index in [0.717, 1.165) is 28.3 Å². The van der Waals surface area contributed by atoms with Crippen LogP contribution in [0.25, 0.3) is 0 Å². The Balaban J connectivity index is 1.84. The second kappa shape index (κ2) is 7.97. The van der Waals surface area contributed by atoms with Crippen molar-refractivity contribution < 1.29 is 14.3 Å². The van der Waals surface area contributed by atoms with E-state index in [1.165, 1.54) is 0 Å². The molecule has 0 aliphatic carbocycles. The molecule has 0 aliphatic rings. The van der Waals surface area contributed by atoms with Crippen molar-refractivity contribution in [3.05, 3.63) is 50.6 Å². The van der Waals surface area contributed by atoms with E-state index in [0.29, 0.717) is 6.54 Å². The van der Waals surface area contributed by atoms with Crippen LogP contribution in [0.3, 0.4) is 0 Å². The van der Waals surface area contributed by atoms with E-state index in [1.54, 1.807) is 9.95 Å². The highest BCUT2D eigenvalue weighted by molar-refractivity contribution is 7.07. The summed E-state index contributed by atoms with van der Waals surface area (Å²) in [7, 11) is 0. The number of hydrogen-bond acceptors (Lipinski definition) is 5. The molecule has 2 rings (SSSR count). The first kappa shape index (κ1) is 17.3. The van der Waals surface area contributed by atoms with Crippen molar-refractivity contribution in [1.82, 2.24) is 4.57 Å². The largest absolute Gasteiger partial charge is 0.491 e. The third-order valence-corrected chi connectivity index (χ3v) is 4.05. The molecule has 0 fully saturated rings. The highest BCUT2D eigenvalue weighted by Gasteiger charge is 2.08. The monoisotopic (exact) mass is 335 g/mol. The van der Waals surface area contributed by atoms with Crippen LogP contribution >= 0.6 is 11.3 Å². The predicted octanol–water partition coefficient (Wildman–Crippen LogP) is 2.79. The third kappa shape index (κ3) is 5.25. The minimum absolute atomic E-state index is 0.0305. The maximum absolute atomic E-state index is 11.9. The highest BCUT2D eigenvalue weighted by Crippen LogP contribution is 2.15. The van der Waals surface area contributed by atoms with E-state index in [-0.39, 0.29) is 30.0 Å². The van der Waals surface area contributed by atoms with E-state index >= 15 is 0 Å². The fourth-order valence-corrected chi connectivity index (χ4v) is 2.91. The van der Waals surface area contributed by atoms with Gasteiger partial charge in [0.1, 0.15) is 12.4 Å². The van der Waals surface area contributed by atoms with Crippen molar-refractivity contribution in [2.75, 3.05) is 6.61 Å². The van der Waals surface area contributed by atoms with Crippen LogP contribution in [-0.2, 0) is 22.5 Å². The van der Waals surface area contributed by atoms with Gasteiger partial charge in [-0.05, 0) is 38.5 Å². The van der Waals surface area contributed by atoms with Gasteiger partial charge < -0.3 is 9.47 Å². The number of benzene rings is 1. The minimum Gasteiger partial charge on any atom is -0.491 e. The van der Waals surface area contributed by atoms with Crippen molar-refractivity contribution in [3.63, 3.8) is 0 Å². The number of nitrogens with zero attached hydrogens (tertiary/aromatic N) is 1. The first-order valence-corrected chi connectivity index (χ1v) is 8.40. The van der Waals surface area contributed by atoms with E-state index in [1.807, 2.05) is 45.0 Å². The number of thiazole rings is 1.